The van der Waals surface area contributed by atoms with Crippen LogP contribution in [-0.2, 0) is 0 Å². The molecule has 1 N–H and O–H groups in total. The van der Waals surface area contributed by atoms with E-state index in [-0.39, 0.29) is 0 Å². The van der Waals surface area contributed by atoms with E-state index in [2.05, 4.69) is 62.3 Å². The molecule has 1 saturated carbocycles. The van der Waals surface area contributed by atoms with Crippen LogP contribution in [0.15, 0.2) is 27.1 Å². The van der Waals surface area contributed by atoms with Crippen LogP contribution in [0.3, 0.4) is 0 Å². The second-order valence-corrected chi connectivity index (χ2v) is 6.32. The lowest BCUT2D eigenvalue weighted by Gasteiger charge is -2.15. The van der Waals surface area contributed by atoms with Crippen LogP contribution in [0, 0.1) is 5.92 Å². The first kappa shape index (κ1) is 12.4. The molecule has 0 bridgehead atoms. The summed E-state index contributed by atoms with van der Waals surface area (Å²) in [6, 6.07) is 6.96. The number of nitrogens with one attached hydrogen (secondary N) is 1. The average Bonchev–Trinajstić information content (AvgIpc) is 2.70. The topological polar surface area (TPSA) is 12.0 Å². The smallest absolute Gasteiger partial charge is 0.0487 e. The Kier molecular flexibility index (Phi) is 4.31. The lowest BCUT2D eigenvalue weighted by Crippen LogP contribution is -2.15. The SMILES string of the molecule is CCC1CCC(Nc2ccc(Br)cc2Br)C1. The zero-order valence-electron chi connectivity index (χ0n) is 9.47. The highest BCUT2D eigenvalue weighted by atomic mass is 79.9. The third-order valence-electron chi connectivity index (χ3n) is 3.41. The van der Waals surface area contributed by atoms with Gasteiger partial charge < -0.3 is 5.32 Å². The molecule has 3 heteroatoms. The summed E-state index contributed by atoms with van der Waals surface area (Å²) in [5.74, 6) is 0.923. The van der Waals surface area contributed by atoms with Gasteiger partial charge in [0, 0.05) is 20.7 Å². The first-order valence-corrected chi connectivity index (χ1v) is 7.49. The van der Waals surface area contributed by atoms with Crippen LogP contribution in [0.1, 0.15) is 32.6 Å². The first-order valence-electron chi connectivity index (χ1n) is 5.90. The lowest BCUT2D eigenvalue weighted by molar-refractivity contribution is 0.525. The summed E-state index contributed by atoms with van der Waals surface area (Å²) in [6.45, 7) is 2.29. The van der Waals surface area contributed by atoms with Gasteiger partial charge >= 0.3 is 0 Å². The molecule has 0 aromatic heterocycles. The Morgan fingerprint density at radius 3 is 2.75 bits per heavy atom. The fourth-order valence-corrected chi connectivity index (χ4v) is 3.56. The quantitative estimate of drug-likeness (QED) is 0.792. The van der Waals surface area contributed by atoms with Gasteiger partial charge in [0.1, 0.15) is 0 Å². The molecule has 1 aliphatic carbocycles. The Morgan fingerprint density at radius 1 is 1.31 bits per heavy atom. The van der Waals surface area contributed by atoms with Gasteiger partial charge in [0.2, 0.25) is 0 Å². The van der Waals surface area contributed by atoms with E-state index in [1.165, 1.54) is 31.4 Å². The molecule has 2 unspecified atom stereocenters. The molecule has 1 nitrogen and oxygen atoms in total. The Morgan fingerprint density at radius 2 is 2.12 bits per heavy atom. The van der Waals surface area contributed by atoms with Gasteiger partial charge in [0.15, 0.2) is 0 Å². The van der Waals surface area contributed by atoms with Gasteiger partial charge in [-0.25, -0.2) is 0 Å². The van der Waals surface area contributed by atoms with Crippen LogP contribution in [0.4, 0.5) is 5.69 Å². The van der Waals surface area contributed by atoms with E-state index in [0.29, 0.717) is 6.04 Å². The van der Waals surface area contributed by atoms with E-state index in [0.717, 1.165) is 14.9 Å². The van der Waals surface area contributed by atoms with Crippen molar-refractivity contribution in [3.05, 3.63) is 27.1 Å². The monoisotopic (exact) mass is 345 g/mol. The van der Waals surface area contributed by atoms with Crippen molar-refractivity contribution >= 4 is 37.5 Å². The maximum absolute atomic E-state index is 3.63. The molecule has 0 radical (unpaired) electrons. The lowest BCUT2D eigenvalue weighted by atomic mass is 10.1. The van der Waals surface area contributed by atoms with Crippen LogP contribution in [0.2, 0.25) is 0 Å². The van der Waals surface area contributed by atoms with Crippen molar-refractivity contribution < 1.29 is 0 Å². The fourth-order valence-electron chi connectivity index (χ4n) is 2.40. The maximum Gasteiger partial charge on any atom is 0.0487 e. The molecule has 0 saturated heterocycles. The van der Waals surface area contributed by atoms with Crippen molar-refractivity contribution in [2.75, 3.05) is 5.32 Å². The molecular formula is C13H17Br2N. The minimum absolute atomic E-state index is 0.655. The molecule has 0 heterocycles. The zero-order chi connectivity index (χ0) is 11.5. The Hall–Kier alpha value is -0.0200. The predicted octanol–water partition coefficient (Wildman–Crippen LogP) is 5.20. The molecule has 0 amide bonds. The highest BCUT2D eigenvalue weighted by molar-refractivity contribution is 9.11. The molecule has 2 rings (SSSR count). The van der Waals surface area contributed by atoms with Crippen molar-refractivity contribution in [2.45, 2.75) is 38.6 Å². The second kappa shape index (κ2) is 5.54. The standard InChI is InChI=1S/C13H17Br2N/c1-2-9-3-5-11(7-9)16-13-6-4-10(14)8-12(13)15/h4,6,8-9,11,16H,2-3,5,7H2,1H3. The molecule has 1 aromatic carbocycles. The highest BCUT2D eigenvalue weighted by Gasteiger charge is 2.23. The van der Waals surface area contributed by atoms with Crippen LogP contribution in [0.25, 0.3) is 0 Å². The van der Waals surface area contributed by atoms with E-state index in [9.17, 15) is 0 Å². The molecule has 0 aliphatic heterocycles. The predicted molar refractivity (Wildman–Crippen MR) is 76.9 cm³/mol. The molecule has 2 atom stereocenters. The Labute approximate surface area is 114 Å². The van der Waals surface area contributed by atoms with Gasteiger partial charge in [-0.3, -0.25) is 0 Å². The van der Waals surface area contributed by atoms with Crippen molar-refractivity contribution in [3.63, 3.8) is 0 Å². The number of benzene rings is 1. The number of hydrogen-bond acceptors (Lipinski definition) is 1. The molecule has 1 aliphatic rings. The molecular weight excluding hydrogens is 330 g/mol. The van der Waals surface area contributed by atoms with Crippen LogP contribution >= 0.6 is 31.9 Å². The van der Waals surface area contributed by atoms with E-state index in [1.54, 1.807) is 0 Å². The van der Waals surface area contributed by atoms with E-state index < -0.39 is 0 Å². The Bertz CT molecular complexity index is 365. The summed E-state index contributed by atoms with van der Waals surface area (Å²) in [6.07, 6.45) is 5.32. The van der Waals surface area contributed by atoms with Crippen LogP contribution in [0.5, 0.6) is 0 Å². The molecule has 16 heavy (non-hydrogen) atoms. The number of halogens is 2. The van der Waals surface area contributed by atoms with Crippen LogP contribution in [-0.4, -0.2) is 6.04 Å². The average molecular weight is 347 g/mol. The number of hydrogen-bond donors (Lipinski definition) is 1. The highest BCUT2D eigenvalue weighted by Crippen LogP contribution is 2.33. The summed E-state index contributed by atoms with van der Waals surface area (Å²) in [5.41, 5.74) is 1.21. The van der Waals surface area contributed by atoms with Gasteiger partial charge in [-0.05, 0) is 59.3 Å². The molecule has 0 spiro atoms. The summed E-state index contributed by atoms with van der Waals surface area (Å²) >= 11 is 7.07. The van der Waals surface area contributed by atoms with Gasteiger partial charge in [-0.1, -0.05) is 29.3 Å². The minimum Gasteiger partial charge on any atom is -0.381 e. The molecule has 1 fully saturated rings. The van der Waals surface area contributed by atoms with Gasteiger partial charge in [0.05, 0.1) is 0 Å². The van der Waals surface area contributed by atoms with E-state index >= 15 is 0 Å². The molecule has 1 aromatic rings. The van der Waals surface area contributed by atoms with E-state index in [4.69, 9.17) is 0 Å². The zero-order valence-corrected chi connectivity index (χ0v) is 12.6. The van der Waals surface area contributed by atoms with Crippen LogP contribution < -0.4 is 5.32 Å². The van der Waals surface area contributed by atoms with Gasteiger partial charge in [-0.2, -0.15) is 0 Å². The minimum atomic E-state index is 0.655. The van der Waals surface area contributed by atoms with Crippen molar-refractivity contribution in [1.29, 1.82) is 0 Å². The van der Waals surface area contributed by atoms with Crippen molar-refractivity contribution in [1.82, 2.24) is 0 Å². The third-order valence-corrected chi connectivity index (χ3v) is 4.56. The number of anilines is 1. The van der Waals surface area contributed by atoms with Gasteiger partial charge in [0.25, 0.3) is 0 Å². The summed E-state index contributed by atoms with van der Waals surface area (Å²) in [7, 11) is 0. The third kappa shape index (κ3) is 3.01. The summed E-state index contributed by atoms with van der Waals surface area (Å²) in [4.78, 5) is 0. The first-order chi connectivity index (χ1) is 7.69. The normalized spacial score (nSPS) is 24.7. The maximum atomic E-state index is 3.63. The van der Waals surface area contributed by atoms with Gasteiger partial charge in [-0.15, -0.1) is 0 Å². The summed E-state index contributed by atoms with van der Waals surface area (Å²) in [5, 5.41) is 3.63. The Balaban J connectivity index is 1.99. The second-order valence-electron chi connectivity index (χ2n) is 4.55. The largest absolute Gasteiger partial charge is 0.381 e. The van der Waals surface area contributed by atoms with Crippen molar-refractivity contribution in [2.24, 2.45) is 5.92 Å². The fraction of sp³-hybridized carbons (Fsp3) is 0.538. The van der Waals surface area contributed by atoms with E-state index in [1.807, 2.05) is 0 Å². The molecule has 88 valence electrons. The number of rotatable bonds is 3. The summed E-state index contributed by atoms with van der Waals surface area (Å²) < 4.78 is 2.25. The van der Waals surface area contributed by atoms with Crippen molar-refractivity contribution in [3.8, 4) is 0 Å².